The van der Waals surface area contributed by atoms with Crippen LogP contribution in [0.5, 0.6) is 0 Å². The van der Waals surface area contributed by atoms with Gasteiger partial charge in [-0.25, -0.2) is 0 Å². The average molecular weight is 453 g/mol. The van der Waals surface area contributed by atoms with Crippen molar-refractivity contribution in [2.24, 2.45) is 7.05 Å². The van der Waals surface area contributed by atoms with Gasteiger partial charge in [-0.2, -0.15) is 0 Å². The number of carbonyl (C=O) groups excluding carboxylic acids is 1. The summed E-state index contributed by atoms with van der Waals surface area (Å²) in [6.45, 7) is 5.93. The third kappa shape index (κ3) is 4.09. The number of thioether (sulfide) groups is 2. The fourth-order valence-electron chi connectivity index (χ4n) is 3.69. The molecule has 0 radical (unpaired) electrons. The molecule has 3 aromatic heterocycles. The van der Waals surface area contributed by atoms with Crippen LogP contribution in [0, 0.1) is 20.8 Å². The topological polar surface area (TPSA) is 65.8 Å². The lowest BCUT2D eigenvalue weighted by atomic mass is 10.2. The number of hydrogen-bond donors (Lipinski definition) is 0. The van der Waals surface area contributed by atoms with Crippen LogP contribution in [0.2, 0.25) is 0 Å². The molecule has 0 spiro atoms. The smallest absolute Gasteiger partial charge is 0.191 e. The predicted octanol–water partition coefficient (Wildman–Crippen LogP) is 5.49. The monoisotopic (exact) mass is 452 g/mol. The van der Waals surface area contributed by atoms with Crippen molar-refractivity contribution in [2.45, 2.75) is 30.8 Å². The van der Waals surface area contributed by atoms with Gasteiger partial charge in [0.25, 0.3) is 0 Å². The molecule has 0 aliphatic carbocycles. The quantitative estimate of drug-likeness (QED) is 0.273. The Hall–Kier alpha value is -2.71. The van der Waals surface area contributed by atoms with E-state index in [2.05, 4.69) is 39.2 Å². The second kappa shape index (κ2) is 8.80. The molecule has 0 amide bonds. The van der Waals surface area contributed by atoms with Crippen LogP contribution in [0.4, 0.5) is 0 Å². The van der Waals surface area contributed by atoms with Crippen LogP contribution < -0.4 is 0 Å². The molecule has 4 aromatic rings. The molecular weight excluding hydrogens is 428 g/mol. The number of aromatic nitrogens is 4. The lowest BCUT2D eigenvalue weighted by molar-refractivity contribution is 0.102. The number of benzene rings is 1. The number of furan rings is 1. The first kappa shape index (κ1) is 21.5. The number of aryl methyl sites for hydroxylation is 2. The Morgan fingerprint density at radius 1 is 1.13 bits per heavy atom. The van der Waals surface area contributed by atoms with Crippen molar-refractivity contribution < 1.29 is 9.21 Å². The SMILES string of the molecule is CSc1cccc(-n2c(C)cc(C(=O)CSc3nnc(-c4ccoc4C)n3C)c2C)c1. The molecular formula is C23H24N4O2S2. The van der Waals surface area contributed by atoms with E-state index in [0.717, 1.165) is 39.8 Å². The van der Waals surface area contributed by atoms with Crippen LogP contribution in [0.1, 0.15) is 27.5 Å². The Balaban J connectivity index is 1.54. The van der Waals surface area contributed by atoms with Crippen LogP contribution in [-0.2, 0) is 7.05 Å². The summed E-state index contributed by atoms with van der Waals surface area (Å²) in [5, 5.41) is 9.24. The van der Waals surface area contributed by atoms with E-state index in [-0.39, 0.29) is 5.78 Å². The number of carbonyl (C=O) groups is 1. The maximum Gasteiger partial charge on any atom is 0.191 e. The third-order valence-electron chi connectivity index (χ3n) is 5.31. The van der Waals surface area contributed by atoms with E-state index in [1.54, 1.807) is 18.0 Å². The van der Waals surface area contributed by atoms with Gasteiger partial charge in [-0.3, -0.25) is 4.79 Å². The predicted molar refractivity (Wildman–Crippen MR) is 126 cm³/mol. The molecule has 0 aliphatic rings. The minimum absolute atomic E-state index is 0.0782. The highest BCUT2D eigenvalue weighted by molar-refractivity contribution is 7.99. The van der Waals surface area contributed by atoms with E-state index in [1.165, 1.54) is 16.7 Å². The molecule has 0 aliphatic heterocycles. The molecule has 0 unspecified atom stereocenters. The Labute approximate surface area is 190 Å². The summed E-state index contributed by atoms with van der Waals surface area (Å²) in [6, 6.07) is 12.2. The molecule has 6 nitrogen and oxygen atoms in total. The number of nitrogens with zero attached hydrogens (tertiary/aromatic N) is 4. The lowest BCUT2D eigenvalue weighted by Crippen LogP contribution is -2.06. The van der Waals surface area contributed by atoms with Crippen molar-refractivity contribution in [1.82, 2.24) is 19.3 Å². The average Bonchev–Trinajstić information content (AvgIpc) is 3.43. The number of Topliss-reactive ketones (excluding diaryl/α,β-unsaturated/α-hetero) is 1. The van der Waals surface area contributed by atoms with Crippen LogP contribution in [0.3, 0.4) is 0 Å². The van der Waals surface area contributed by atoms with Crippen molar-refractivity contribution in [3.8, 4) is 17.1 Å². The highest BCUT2D eigenvalue weighted by Gasteiger charge is 2.19. The largest absolute Gasteiger partial charge is 0.469 e. The minimum Gasteiger partial charge on any atom is -0.469 e. The summed E-state index contributed by atoms with van der Waals surface area (Å²) in [4.78, 5) is 14.2. The summed E-state index contributed by atoms with van der Waals surface area (Å²) in [5.74, 6) is 1.90. The van der Waals surface area contributed by atoms with Gasteiger partial charge in [0.1, 0.15) is 5.76 Å². The highest BCUT2D eigenvalue weighted by atomic mass is 32.2. The van der Waals surface area contributed by atoms with E-state index in [4.69, 9.17) is 4.42 Å². The molecule has 0 bridgehead atoms. The van der Waals surface area contributed by atoms with Crippen molar-refractivity contribution >= 4 is 29.3 Å². The molecule has 1 aromatic carbocycles. The van der Waals surface area contributed by atoms with Crippen molar-refractivity contribution in [3.05, 3.63) is 65.4 Å². The van der Waals surface area contributed by atoms with Gasteiger partial charge in [-0.1, -0.05) is 17.8 Å². The van der Waals surface area contributed by atoms with Gasteiger partial charge in [0, 0.05) is 34.6 Å². The molecule has 4 rings (SSSR count). The summed E-state index contributed by atoms with van der Waals surface area (Å²) in [5.41, 5.74) is 4.72. The zero-order valence-corrected chi connectivity index (χ0v) is 19.8. The summed E-state index contributed by atoms with van der Waals surface area (Å²) in [7, 11) is 1.90. The van der Waals surface area contributed by atoms with Crippen LogP contribution in [-0.4, -0.2) is 37.1 Å². The van der Waals surface area contributed by atoms with E-state index < -0.39 is 0 Å². The molecule has 0 saturated heterocycles. The van der Waals surface area contributed by atoms with Gasteiger partial charge < -0.3 is 13.6 Å². The normalized spacial score (nSPS) is 11.3. The standard InChI is InChI=1S/C23H24N4O2S2/c1-14-11-20(15(2)27(14)17-7-6-8-18(12-17)30-5)21(28)13-31-23-25-24-22(26(23)4)19-9-10-29-16(19)3/h6-12H,13H2,1-5H3. The Morgan fingerprint density at radius 3 is 2.65 bits per heavy atom. The molecule has 8 heteroatoms. The van der Waals surface area contributed by atoms with E-state index in [0.29, 0.717) is 10.9 Å². The summed E-state index contributed by atoms with van der Waals surface area (Å²) in [6.07, 6.45) is 3.70. The molecule has 0 fully saturated rings. The Bertz CT molecular complexity index is 1250. The van der Waals surface area contributed by atoms with Gasteiger partial charge in [-0.05, 0) is 57.4 Å². The fraction of sp³-hybridized carbons (Fsp3) is 0.261. The molecule has 31 heavy (non-hydrogen) atoms. The Morgan fingerprint density at radius 2 is 1.94 bits per heavy atom. The van der Waals surface area contributed by atoms with Crippen LogP contribution >= 0.6 is 23.5 Å². The molecule has 0 atom stereocenters. The van der Waals surface area contributed by atoms with E-state index in [9.17, 15) is 4.79 Å². The third-order valence-corrected chi connectivity index (χ3v) is 7.06. The maximum atomic E-state index is 13.0. The van der Waals surface area contributed by atoms with Gasteiger partial charge in [-0.15, -0.1) is 22.0 Å². The van der Waals surface area contributed by atoms with Crippen molar-refractivity contribution in [3.63, 3.8) is 0 Å². The summed E-state index contributed by atoms with van der Waals surface area (Å²) >= 11 is 3.10. The second-order valence-corrected chi connectivity index (χ2v) is 9.11. The van der Waals surface area contributed by atoms with Crippen molar-refractivity contribution in [2.75, 3.05) is 12.0 Å². The van der Waals surface area contributed by atoms with Gasteiger partial charge in [0.05, 0.1) is 17.6 Å². The molecule has 3 heterocycles. The fourth-order valence-corrected chi connectivity index (χ4v) is 4.94. The first-order valence-electron chi connectivity index (χ1n) is 9.84. The van der Waals surface area contributed by atoms with Crippen LogP contribution in [0.25, 0.3) is 17.1 Å². The summed E-state index contributed by atoms with van der Waals surface area (Å²) < 4.78 is 9.41. The number of ketones is 1. The molecule has 0 N–H and O–H groups in total. The minimum atomic E-state index is 0.0782. The zero-order valence-electron chi connectivity index (χ0n) is 18.2. The van der Waals surface area contributed by atoms with Gasteiger partial charge in [0.2, 0.25) is 0 Å². The maximum absolute atomic E-state index is 13.0. The molecule has 0 saturated carbocycles. The zero-order chi connectivity index (χ0) is 22.1. The van der Waals surface area contributed by atoms with Gasteiger partial charge >= 0.3 is 0 Å². The second-order valence-electron chi connectivity index (χ2n) is 7.29. The highest BCUT2D eigenvalue weighted by Crippen LogP contribution is 2.28. The Kier molecular flexibility index (Phi) is 6.11. The van der Waals surface area contributed by atoms with Gasteiger partial charge in [0.15, 0.2) is 16.8 Å². The number of rotatable bonds is 7. The van der Waals surface area contributed by atoms with Crippen LogP contribution in [0.15, 0.2) is 57.1 Å². The first-order valence-corrected chi connectivity index (χ1v) is 12.0. The van der Waals surface area contributed by atoms with Crippen molar-refractivity contribution in [1.29, 1.82) is 0 Å². The van der Waals surface area contributed by atoms with E-state index in [1.807, 2.05) is 50.6 Å². The lowest BCUT2D eigenvalue weighted by Gasteiger charge is -2.11. The molecule has 160 valence electrons. The number of hydrogen-bond acceptors (Lipinski definition) is 6. The first-order chi connectivity index (χ1) is 14.9. The van der Waals surface area contributed by atoms with E-state index >= 15 is 0 Å².